The molecule has 1 amide bonds. The van der Waals surface area contributed by atoms with E-state index in [-0.39, 0.29) is 37.1 Å². The number of benzene rings is 1. The Labute approximate surface area is 195 Å². The number of rotatable bonds is 7. The predicted octanol–water partition coefficient (Wildman–Crippen LogP) is 2.46. The van der Waals surface area contributed by atoms with Gasteiger partial charge in [-0.2, -0.15) is 0 Å². The minimum atomic E-state index is -0.369. The number of ether oxygens (including phenoxy) is 2. The Morgan fingerprint density at radius 3 is 2.82 bits per heavy atom. The largest absolute Gasteiger partial charge is 0.483 e. The van der Waals surface area contributed by atoms with Crippen molar-refractivity contribution < 1.29 is 19.1 Å². The number of hydrogen-bond donors (Lipinski definition) is 2. The Morgan fingerprint density at radius 2 is 2.00 bits per heavy atom. The van der Waals surface area contributed by atoms with E-state index in [2.05, 4.69) is 15.4 Å². The first-order valence-electron chi connectivity index (χ1n) is 12.0. The summed E-state index contributed by atoms with van der Waals surface area (Å²) < 4.78 is 11.1. The van der Waals surface area contributed by atoms with Gasteiger partial charge in [-0.25, -0.2) is 10.0 Å². The number of amides is 1. The first-order valence-corrected chi connectivity index (χ1v) is 12.0. The van der Waals surface area contributed by atoms with E-state index in [9.17, 15) is 9.59 Å². The van der Waals surface area contributed by atoms with Crippen LogP contribution >= 0.6 is 0 Å². The number of nitrogens with zero attached hydrogens (tertiary/aromatic N) is 3. The van der Waals surface area contributed by atoms with E-state index in [0.29, 0.717) is 29.9 Å². The average Bonchev–Trinajstić information content (AvgIpc) is 2.78. The van der Waals surface area contributed by atoms with Crippen LogP contribution in [0.2, 0.25) is 0 Å². The van der Waals surface area contributed by atoms with Gasteiger partial charge in [0.15, 0.2) is 12.6 Å². The van der Waals surface area contributed by atoms with Crippen LogP contribution in [0.3, 0.4) is 0 Å². The van der Waals surface area contributed by atoms with Gasteiger partial charge in [-0.3, -0.25) is 15.0 Å². The molecule has 9 nitrogen and oxygen atoms in total. The molecule has 1 aromatic rings. The van der Waals surface area contributed by atoms with Crippen LogP contribution in [0.15, 0.2) is 23.2 Å². The summed E-state index contributed by atoms with van der Waals surface area (Å²) in [7, 11) is 0. The number of hydrogen-bond acceptors (Lipinski definition) is 8. The minimum absolute atomic E-state index is 0.000706. The van der Waals surface area contributed by atoms with Crippen molar-refractivity contribution in [2.45, 2.75) is 71.1 Å². The molecule has 2 unspecified atom stereocenters. The third-order valence-electron chi connectivity index (χ3n) is 6.57. The molecule has 180 valence electrons. The molecular formula is C24H35N5O4. The van der Waals surface area contributed by atoms with Crippen LogP contribution in [0.25, 0.3) is 0 Å². The smallest absolute Gasteiger partial charge is 0.325 e. The molecule has 1 aliphatic carbocycles. The quantitative estimate of drug-likeness (QED) is 0.605. The second kappa shape index (κ2) is 10.4. The van der Waals surface area contributed by atoms with Crippen molar-refractivity contribution in [3.63, 3.8) is 0 Å². The lowest BCUT2D eigenvalue weighted by Crippen LogP contribution is -2.55. The number of carbonyl (C=O) groups excluding carboxylic acids is 2. The summed E-state index contributed by atoms with van der Waals surface area (Å²) in [6.07, 6.45) is 7.10. The van der Waals surface area contributed by atoms with Crippen molar-refractivity contribution in [3.8, 4) is 5.75 Å². The fraction of sp³-hybridized carbons (Fsp3) is 0.625. The zero-order chi connectivity index (χ0) is 23.4. The molecule has 2 heterocycles. The standard InChI is InChI=1S/C24H35N5O4/c1-16(2)33-23(31)14-28-13-18-19(26-24(28)25)9-5-11-21(18)32-15-22(30)27-29-12-6-8-17-7-3-4-10-20(17)29/h5,9,11,16-17,20H,3-4,6-8,10,12-15H2,1-2H3,(H2,25,26)(H,27,30). The fourth-order valence-electron chi connectivity index (χ4n) is 5.11. The third-order valence-corrected chi connectivity index (χ3v) is 6.57. The van der Waals surface area contributed by atoms with Gasteiger partial charge in [0.2, 0.25) is 0 Å². The van der Waals surface area contributed by atoms with E-state index in [1.54, 1.807) is 18.7 Å². The van der Waals surface area contributed by atoms with Gasteiger partial charge in [-0.05, 0) is 57.6 Å². The fourth-order valence-corrected chi connectivity index (χ4v) is 5.11. The number of guanidine groups is 1. The summed E-state index contributed by atoms with van der Waals surface area (Å²) in [6.45, 7) is 4.76. The number of esters is 1. The number of aliphatic imine (C=N–C) groups is 1. The van der Waals surface area contributed by atoms with E-state index in [4.69, 9.17) is 15.2 Å². The monoisotopic (exact) mass is 457 g/mol. The molecule has 2 aliphatic heterocycles. The molecule has 0 spiro atoms. The zero-order valence-corrected chi connectivity index (χ0v) is 19.6. The maximum Gasteiger partial charge on any atom is 0.325 e. The van der Waals surface area contributed by atoms with Crippen molar-refractivity contribution in [1.29, 1.82) is 0 Å². The van der Waals surface area contributed by atoms with Crippen molar-refractivity contribution in [1.82, 2.24) is 15.3 Å². The van der Waals surface area contributed by atoms with Gasteiger partial charge in [0, 0.05) is 18.2 Å². The summed E-state index contributed by atoms with van der Waals surface area (Å²) in [5.74, 6) is 0.981. The molecular weight excluding hydrogens is 422 g/mol. The highest BCUT2D eigenvalue weighted by Gasteiger charge is 2.34. The lowest BCUT2D eigenvalue weighted by Gasteiger charge is -2.43. The highest BCUT2D eigenvalue weighted by molar-refractivity contribution is 5.87. The van der Waals surface area contributed by atoms with Gasteiger partial charge in [-0.15, -0.1) is 0 Å². The van der Waals surface area contributed by atoms with Crippen LogP contribution in [0.1, 0.15) is 57.9 Å². The van der Waals surface area contributed by atoms with E-state index < -0.39 is 0 Å². The molecule has 3 N–H and O–H groups in total. The highest BCUT2D eigenvalue weighted by Crippen LogP contribution is 2.35. The SMILES string of the molecule is CC(C)OC(=O)CN1Cc2c(cccc2OCC(=O)NN2CCCC3CCCCC32)N=C1N. The molecule has 33 heavy (non-hydrogen) atoms. The normalized spacial score (nSPS) is 22.8. The number of nitrogens with one attached hydrogen (secondary N) is 1. The van der Waals surface area contributed by atoms with Crippen molar-refractivity contribution in [2.75, 3.05) is 19.7 Å². The number of fused-ring (bicyclic) bond motifs is 2. The van der Waals surface area contributed by atoms with E-state index in [0.717, 1.165) is 24.9 Å². The number of nitrogens with two attached hydrogens (primary N) is 1. The van der Waals surface area contributed by atoms with Gasteiger partial charge in [0.05, 0.1) is 18.3 Å². The molecule has 1 aromatic carbocycles. The lowest BCUT2D eigenvalue weighted by molar-refractivity contribution is -0.147. The first kappa shape index (κ1) is 23.4. The van der Waals surface area contributed by atoms with Crippen molar-refractivity contribution >= 4 is 23.5 Å². The van der Waals surface area contributed by atoms with Crippen LogP contribution in [0.5, 0.6) is 5.75 Å². The number of carbonyl (C=O) groups is 2. The summed E-state index contributed by atoms with van der Waals surface area (Å²) in [5, 5.41) is 2.13. The highest BCUT2D eigenvalue weighted by atomic mass is 16.5. The summed E-state index contributed by atoms with van der Waals surface area (Å²) in [4.78, 5) is 30.9. The predicted molar refractivity (Wildman–Crippen MR) is 125 cm³/mol. The van der Waals surface area contributed by atoms with E-state index in [1.807, 2.05) is 18.2 Å². The summed E-state index contributed by atoms with van der Waals surface area (Å²) in [5.41, 5.74) is 10.6. The van der Waals surface area contributed by atoms with Crippen LogP contribution in [0.4, 0.5) is 5.69 Å². The number of piperidine rings is 1. The first-order chi connectivity index (χ1) is 15.9. The van der Waals surface area contributed by atoms with Crippen LogP contribution in [-0.4, -0.2) is 59.6 Å². The van der Waals surface area contributed by atoms with Crippen molar-refractivity contribution in [2.24, 2.45) is 16.6 Å². The van der Waals surface area contributed by atoms with Crippen LogP contribution < -0.4 is 15.9 Å². The third kappa shape index (κ3) is 5.76. The number of hydrazine groups is 1. The Balaban J connectivity index is 1.36. The molecule has 0 aromatic heterocycles. The zero-order valence-electron chi connectivity index (χ0n) is 19.6. The molecule has 2 fully saturated rings. The van der Waals surface area contributed by atoms with E-state index >= 15 is 0 Å². The molecule has 1 saturated heterocycles. The van der Waals surface area contributed by atoms with Gasteiger partial charge in [0.1, 0.15) is 12.3 Å². The molecule has 4 rings (SSSR count). The Morgan fingerprint density at radius 1 is 1.21 bits per heavy atom. The Bertz CT molecular complexity index is 901. The van der Waals surface area contributed by atoms with Gasteiger partial charge in [0.25, 0.3) is 5.91 Å². The second-order valence-corrected chi connectivity index (χ2v) is 9.39. The van der Waals surface area contributed by atoms with Crippen LogP contribution in [-0.2, 0) is 20.9 Å². The Hall–Kier alpha value is -2.81. The average molecular weight is 458 g/mol. The minimum Gasteiger partial charge on any atom is -0.483 e. The molecule has 2 atom stereocenters. The van der Waals surface area contributed by atoms with Gasteiger partial charge in [-0.1, -0.05) is 18.9 Å². The summed E-state index contributed by atoms with van der Waals surface area (Å²) >= 11 is 0. The molecule has 0 bridgehead atoms. The molecule has 3 aliphatic rings. The maximum absolute atomic E-state index is 12.7. The Kier molecular flexibility index (Phi) is 7.37. The van der Waals surface area contributed by atoms with E-state index in [1.165, 1.54) is 25.7 Å². The molecule has 1 saturated carbocycles. The van der Waals surface area contributed by atoms with Gasteiger partial charge < -0.3 is 20.1 Å². The van der Waals surface area contributed by atoms with Crippen molar-refractivity contribution in [3.05, 3.63) is 23.8 Å². The van der Waals surface area contributed by atoms with Gasteiger partial charge >= 0.3 is 5.97 Å². The maximum atomic E-state index is 12.7. The second-order valence-electron chi connectivity index (χ2n) is 9.39. The summed E-state index contributed by atoms with van der Waals surface area (Å²) in [6, 6.07) is 5.92. The lowest BCUT2D eigenvalue weighted by atomic mass is 9.79. The topological polar surface area (TPSA) is 109 Å². The molecule has 9 heteroatoms. The molecule has 0 radical (unpaired) electrons. The van der Waals surface area contributed by atoms with Crippen LogP contribution in [0, 0.1) is 5.92 Å².